The summed E-state index contributed by atoms with van der Waals surface area (Å²) in [5, 5.41) is 1.95. The molecule has 100 valence electrons. The van der Waals surface area contributed by atoms with E-state index >= 15 is 0 Å². The summed E-state index contributed by atoms with van der Waals surface area (Å²) in [5.41, 5.74) is 3.43. The zero-order chi connectivity index (χ0) is 14.0. The van der Waals surface area contributed by atoms with Gasteiger partial charge in [-0.15, -0.1) is 0 Å². The van der Waals surface area contributed by atoms with E-state index in [4.69, 9.17) is 34.8 Å². The first-order valence-corrected chi connectivity index (χ1v) is 7.87. The molecule has 2 aromatic carbocycles. The predicted molar refractivity (Wildman–Crippen MR) is 88.0 cm³/mol. The molecule has 0 bridgehead atoms. The van der Waals surface area contributed by atoms with Crippen LogP contribution in [0, 0.1) is 6.92 Å². The van der Waals surface area contributed by atoms with Crippen LogP contribution in [0.15, 0.2) is 36.4 Å². The molecule has 0 spiro atoms. The highest BCUT2D eigenvalue weighted by Crippen LogP contribution is 2.33. The van der Waals surface area contributed by atoms with Crippen LogP contribution < -0.4 is 0 Å². The van der Waals surface area contributed by atoms with E-state index in [9.17, 15) is 0 Å². The molecule has 0 aromatic heterocycles. The molecule has 0 fully saturated rings. The fourth-order valence-corrected chi connectivity index (χ4v) is 3.32. The molecule has 0 aliphatic heterocycles. The Morgan fingerprint density at radius 1 is 1.00 bits per heavy atom. The van der Waals surface area contributed by atoms with Gasteiger partial charge in [-0.2, -0.15) is 0 Å². The van der Waals surface area contributed by atoms with Crippen molar-refractivity contribution in [3.63, 3.8) is 0 Å². The Morgan fingerprint density at radius 2 is 1.74 bits per heavy atom. The second kappa shape index (κ2) is 6.49. The Labute approximate surface area is 136 Å². The van der Waals surface area contributed by atoms with E-state index in [-0.39, 0.29) is 4.83 Å². The quantitative estimate of drug-likeness (QED) is 0.526. The van der Waals surface area contributed by atoms with Crippen molar-refractivity contribution >= 4 is 50.7 Å². The fourth-order valence-electron chi connectivity index (χ4n) is 1.95. The molecular formula is C15H12BrCl3. The van der Waals surface area contributed by atoms with Crippen molar-refractivity contribution in [3.8, 4) is 0 Å². The maximum Gasteiger partial charge on any atom is 0.0595 e. The average Bonchev–Trinajstić information content (AvgIpc) is 2.37. The van der Waals surface area contributed by atoms with E-state index in [0.717, 1.165) is 22.6 Å². The lowest BCUT2D eigenvalue weighted by molar-refractivity contribution is 0.938. The summed E-state index contributed by atoms with van der Waals surface area (Å²) in [6.07, 6.45) is 0.831. The summed E-state index contributed by atoms with van der Waals surface area (Å²) in [6.45, 7) is 2.03. The Bertz CT molecular complexity index is 596. The minimum Gasteiger partial charge on any atom is -0.0840 e. The number of alkyl halides is 1. The molecule has 1 unspecified atom stereocenters. The zero-order valence-electron chi connectivity index (χ0n) is 10.3. The van der Waals surface area contributed by atoms with Gasteiger partial charge in [0.25, 0.3) is 0 Å². The van der Waals surface area contributed by atoms with Gasteiger partial charge in [0.05, 0.1) is 10.0 Å². The molecule has 0 radical (unpaired) electrons. The van der Waals surface area contributed by atoms with Crippen LogP contribution in [0.2, 0.25) is 15.1 Å². The fraction of sp³-hybridized carbons (Fsp3) is 0.200. The monoisotopic (exact) mass is 376 g/mol. The van der Waals surface area contributed by atoms with Crippen LogP contribution in [-0.2, 0) is 6.42 Å². The molecule has 0 aliphatic rings. The van der Waals surface area contributed by atoms with Gasteiger partial charge >= 0.3 is 0 Å². The van der Waals surface area contributed by atoms with Crippen molar-refractivity contribution < 1.29 is 0 Å². The zero-order valence-corrected chi connectivity index (χ0v) is 14.1. The van der Waals surface area contributed by atoms with Crippen LogP contribution >= 0.6 is 50.7 Å². The SMILES string of the molecule is Cc1c(Cl)cccc1C(Br)Cc1ccc(Cl)c(Cl)c1. The molecule has 2 aromatic rings. The third-order valence-corrected chi connectivity index (χ3v) is 5.01. The lowest BCUT2D eigenvalue weighted by Gasteiger charge is -2.14. The lowest BCUT2D eigenvalue weighted by Crippen LogP contribution is -1.98. The van der Waals surface area contributed by atoms with Gasteiger partial charge in [-0.25, -0.2) is 0 Å². The number of halogens is 4. The Kier molecular flexibility index (Phi) is 5.19. The normalized spacial score (nSPS) is 12.5. The van der Waals surface area contributed by atoms with Gasteiger partial charge in [-0.3, -0.25) is 0 Å². The summed E-state index contributed by atoms with van der Waals surface area (Å²) >= 11 is 21.8. The van der Waals surface area contributed by atoms with E-state index in [0.29, 0.717) is 10.0 Å². The highest BCUT2D eigenvalue weighted by atomic mass is 79.9. The van der Waals surface area contributed by atoms with Crippen LogP contribution in [-0.4, -0.2) is 0 Å². The second-order valence-corrected chi connectivity index (χ2v) is 6.70. The highest BCUT2D eigenvalue weighted by Gasteiger charge is 2.13. The molecule has 0 aliphatic carbocycles. The molecule has 0 nitrogen and oxygen atoms in total. The second-order valence-electron chi connectivity index (χ2n) is 4.37. The maximum absolute atomic E-state index is 6.15. The molecule has 2 rings (SSSR count). The minimum absolute atomic E-state index is 0.198. The number of rotatable bonds is 3. The summed E-state index contributed by atoms with van der Waals surface area (Å²) in [4.78, 5) is 0.198. The van der Waals surface area contributed by atoms with Gasteiger partial charge < -0.3 is 0 Å². The molecule has 0 N–H and O–H groups in total. The van der Waals surface area contributed by atoms with E-state index in [1.165, 1.54) is 5.56 Å². The van der Waals surface area contributed by atoms with Gasteiger partial charge in [-0.1, -0.05) is 68.9 Å². The molecule has 1 atom stereocenters. The van der Waals surface area contributed by atoms with Gasteiger partial charge in [-0.05, 0) is 48.2 Å². The third-order valence-electron chi connectivity index (χ3n) is 3.05. The summed E-state index contributed by atoms with van der Waals surface area (Å²) in [7, 11) is 0. The van der Waals surface area contributed by atoms with Crippen LogP contribution in [0.5, 0.6) is 0 Å². The van der Waals surface area contributed by atoms with Gasteiger partial charge in [0, 0.05) is 9.85 Å². The van der Waals surface area contributed by atoms with Crippen molar-refractivity contribution in [2.45, 2.75) is 18.2 Å². The molecule has 19 heavy (non-hydrogen) atoms. The summed E-state index contributed by atoms with van der Waals surface area (Å²) < 4.78 is 0. The summed E-state index contributed by atoms with van der Waals surface area (Å²) in [5.74, 6) is 0. The van der Waals surface area contributed by atoms with Crippen molar-refractivity contribution in [1.29, 1.82) is 0 Å². The average molecular weight is 379 g/mol. The van der Waals surface area contributed by atoms with Crippen molar-refractivity contribution in [3.05, 3.63) is 68.2 Å². The van der Waals surface area contributed by atoms with E-state index in [2.05, 4.69) is 22.0 Å². The first kappa shape index (κ1) is 15.2. The molecule has 0 amide bonds. The first-order chi connectivity index (χ1) is 8.99. The van der Waals surface area contributed by atoms with Crippen molar-refractivity contribution in [2.75, 3.05) is 0 Å². The molecular weight excluding hydrogens is 366 g/mol. The molecule has 4 heteroatoms. The van der Waals surface area contributed by atoms with Crippen LogP contribution in [0.1, 0.15) is 21.5 Å². The van der Waals surface area contributed by atoms with Crippen molar-refractivity contribution in [2.24, 2.45) is 0 Å². The van der Waals surface area contributed by atoms with Gasteiger partial charge in [0.15, 0.2) is 0 Å². The lowest BCUT2D eigenvalue weighted by atomic mass is 10.0. The number of hydrogen-bond donors (Lipinski definition) is 0. The molecule has 0 saturated heterocycles. The highest BCUT2D eigenvalue weighted by molar-refractivity contribution is 9.09. The van der Waals surface area contributed by atoms with E-state index in [1.807, 2.05) is 37.3 Å². The molecule has 0 saturated carbocycles. The smallest absolute Gasteiger partial charge is 0.0595 e. The summed E-state index contributed by atoms with van der Waals surface area (Å²) in [6, 6.07) is 11.7. The Hall–Kier alpha value is -0.210. The maximum atomic E-state index is 6.15. The van der Waals surface area contributed by atoms with E-state index < -0.39 is 0 Å². The molecule has 0 heterocycles. The van der Waals surface area contributed by atoms with Gasteiger partial charge in [0.2, 0.25) is 0 Å². The minimum atomic E-state index is 0.198. The Balaban J connectivity index is 2.23. The van der Waals surface area contributed by atoms with Crippen LogP contribution in [0.25, 0.3) is 0 Å². The predicted octanol–water partition coefficient (Wildman–Crippen LogP) is 6.63. The third kappa shape index (κ3) is 3.66. The number of benzene rings is 2. The Morgan fingerprint density at radius 3 is 2.42 bits per heavy atom. The van der Waals surface area contributed by atoms with E-state index in [1.54, 1.807) is 0 Å². The standard InChI is InChI=1S/C15H12BrCl3/c1-9-11(3-2-4-13(9)17)12(16)7-10-5-6-14(18)15(19)8-10/h2-6,8,12H,7H2,1H3. The topological polar surface area (TPSA) is 0 Å². The first-order valence-electron chi connectivity index (χ1n) is 5.82. The van der Waals surface area contributed by atoms with Crippen LogP contribution in [0.3, 0.4) is 0 Å². The largest absolute Gasteiger partial charge is 0.0840 e. The van der Waals surface area contributed by atoms with Gasteiger partial charge in [0.1, 0.15) is 0 Å². The van der Waals surface area contributed by atoms with Crippen molar-refractivity contribution in [1.82, 2.24) is 0 Å². The number of hydrogen-bond acceptors (Lipinski definition) is 0. The van der Waals surface area contributed by atoms with Crippen LogP contribution in [0.4, 0.5) is 0 Å².